The second kappa shape index (κ2) is 3.82. The molecule has 0 aromatic heterocycles. The van der Waals surface area contributed by atoms with E-state index in [4.69, 9.17) is 9.47 Å². The first-order valence-electron chi connectivity index (χ1n) is 6.03. The fourth-order valence-corrected chi connectivity index (χ4v) is 4.47. The van der Waals surface area contributed by atoms with Gasteiger partial charge in [0.15, 0.2) is 12.5 Å². The van der Waals surface area contributed by atoms with E-state index in [1.165, 1.54) is 0 Å². The van der Waals surface area contributed by atoms with E-state index in [0.717, 1.165) is 0 Å². The third-order valence-electron chi connectivity index (χ3n) is 4.15. The van der Waals surface area contributed by atoms with Gasteiger partial charge in [-0.15, -0.1) is 11.8 Å². The molecular formula is C11H20N2O3S. The normalized spacial score (nSPS) is 52.1. The van der Waals surface area contributed by atoms with Gasteiger partial charge in [-0.3, -0.25) is 10.2 Å². The van der Waals surface area contributed by atoms with Crippen LogP contribution in [0.4, 0.5) is 0 Å². The molecule has 3 aliphatic heterocycles. The lowest BCUT2D eigenvalue weighted by atomic mass is 9.96. The average Bonchev–Trinajstić information content (AvgIpc) is 2.90. The number of thioether (sulfide) groups is 1. The Balaban J connectivity index is 1.70. The van der Waals surface area contributed by atoms with Crippen LogP contribution in [0.25, 0.3) is 0 Å². The van der Waals surface area contributed by atoms with E-state index in [1.807, 2.05) is 11.8 Å². The van der Waals surface area contributed by atoms with Crippen molar-refractivity contribution in [3.63, 3.8) is 0 Å². The summed E-state index contributed by atoms with van der Waals surface area (Å²) in [6.45, 7) is 6.79. The summed E-state index contributed by atoms with van der Waals surface area (Å²) in [5.41, 5.74) is 0. The zero-order chi connectivity index (χ0) is 12.4. The van der Waals surface area contributed by atoms with Crippen LogP contribution >= 0.6 is 11.8 Å². The fourth-order valence-electron chi connectivity index (χ4n) is 2.75. The van der Waals surface area contributed by atoms with Crippen molar-refractivity contribution in [1.29, 1.82) is 0 Å². The van der Waals surface area contributed by atoms with Crippen LogP contribution in [0.5, 0.6) is 0 Å². The van der Waals surface area contributed by atoms with Crippen LogP contribution < -0.4 is 5.32 Å². The van der Waals surface area contributed by atoms with Gasteiger partial charge in [0.1, 0.15) is 6.23 Å². The molecule has 0 bridgehead atoms. The summed E-state index contributed by atoms with van der Waals surface area (Å²) in [7, 11) is 1.74. The van der Waals surface area contributed by atoms with E-state index < -0.39 is 6.29 Å². The number of rotatable bonds is 3. The molecule has 0 amide bonds. The summed E-state index contributed by atoms with van der Waals surface area (Å²) in [4.78, 5) is 2.40. The monoisotopic (exact) mass is 260 g/mol. The quantitative estimate of drug-likeness (QED) is 0.704. The Kier molecular flexibility index (Phi) is 2.74. The number of hydrogen-bond acceptors (Lipinski definition) is 6. The maximum Gasteiger partial charge on any atom is 0.197 e. The summed E-state index contributed by atoms with van der Waals surface area (Å²) < 4.78 is 10.8. The second-order valence-corrected chi connectivity index (χ2v) is 7.27. The highest BCUT2D eigenvalue weighted by Gasteiger charge is 2.62. The minimum Gasteiger partial charge on any atom is -0.365 e. The Hall–Kier alpha value is 0.150. The SMILES string of the molecule is COC1C(NC2OC2O)C2SC(C)(C)C(C)N12. The molecule has 0 saturated carbocycles. The number of epoxide rings is 1. The predicted octanol–water partition coefficient (Wildman–Crippen LogP) is 0.147. The van der Waals surface area contributed by atoms with Crippen LogP contribution in [-0.4, -0.2) is 58.1 Å². The van der Waals surface area contributed by atoms with Crippen LogP contribution in [0.2, 0.25) is 0 Å². The van der Waals surface area contributed by atoms with Crippen molar-refractivity contribution in [3.8, 4) is 0 Å². The molecule has 3 saturated heterocycles. The Bertz CT molecular complexity index is 328. The van der Waals surface area contributed by atoms with E-state index in [0.29, 0.717) is 11.4 Å². The molecule has 6 atom stereocenters. The van der Waals surface area contributed by atoms with Gasteiger partial charge in [0.2, 0.25) is 0 Å². The molecule has 6 unspecified atom stereocenters. The Labute approximate surface area is 106 Å². The third kappa shape index (κ3) is 1.74. The minimum atomic E-state index is -0.640. The van der Waals surface area contributed by atoms with Gasteiger partial charge in [-0.05, 0) is 20.8 Å². The molecule has 17 heavy (non-hydrogen) atoms. The zero-order valence-corrected chi connectivity index (χ0v) is 11.4. The van der Waals surface area contributed by atoms with E-state index in [9.17, 15) is 5.11 Å². The smallest absolute Gasteiger partial charge is 0.197 e. The summed E-state index contributed by atoms with van der Waals surface area (Å²) in [6.07, 6.45) is -0.765. The summed E-state index contributed by atoms with van der Waals surface area (Å²) >= 11 is 1.97. The molecule has 0 radical (unpaired) electrons. The zero-order valence-electron chi connectivity index (χ0n) is 10.6. The topological polar surface area (TPSA) is 57.3 Å². The fraction of sp³-hybridized carbons (Fsp3) is 1.00. The first kappa shape index (κ1) is 12.2. The second-order valence-electron chi connectivity index (χ2n) is 5.50. The minimum absolute atomic E-state index is 0.0840. The van der Waals surface area contributed by atoms with Crippen molar-refractivity contribution >= 4 is 11.8 Å². The highest BCUT2D eigenvalue weighted by atomic mass is 32.2. The van der Waals surface area contributed by atoms with Gasteiger partial charge < -0.3 is 14.6 Å². The third-order valence-corrected chi connectivity index (χ3v) is 5.87. The Morgan fingerprint density at radius 1 is 1.47 bits per heavy atom. The molecule has 6 heteroatoms. The highest BCUT2D eigenvalue weighted by molar-refractivity contribution is 8.01. The van der Waals surface area contributed by atoms with Gasteiger partial charge in [0.05, 0.1) is 11.4 Å². The lowest BCUT2D eigenvalue weighted by Crippen LogP contribution is -2.72. The first-order chi connectivity index (χ1) is 7.95. The van der Waals surface area contributed by atoms with Gasteiger partial charge in [-0.2, -0.15) is 0 Å². The van der Waals surface area contributed by atoms with Crippen LogP contribution in [-0.2, 0) is 9.47 Å². The molecule has 0 aromatic carbocycles. The predicted molar refractivity (Wildman–Crippen MR) is 65.4 cm³/mol. The molecule has 3 aliphatic rings. The molecule has 3 fully saturated rings. The van der Waals surface area contributed by atoms with E-state index in [-0.39, 0.29) is 23.2 Å². The summed E-state index contributed by atoms with van der Waals surface area (Å²) in [6, 6.07) is 0.724. The number of ether oxygens (including phenoxy) is 2. The largest absolute Gasteiger partial charge is 0.365 e. The van der Waals surface area contributed by atoms with Gasteiger partial charge >= 0.3 is 0 Å². The average molecular weight is 260 g/mol. The highest BCUT2D eigenvalue weighted by Crippen LogP contribution is 2.53. The van der Waals surface area contributed by atoms with Crippen LogP contribution in [0.15, 0.2) is 0 Å². The van der Waals surface area contributed by atoms with Gasteiger partial charge in [0.25, 0.3) is 0 Å². The maximum atomic E-state index is 9.20. The summed E-state index contributed by atoms with van der Waals surface area (Å²) in [5.74, 6) is 0. The number of methoxy groups -OCH3 is 1. The van der Waals surface area contributed by atoms with Crippen molar-refractivity contribution in [2.24, 2.45) is 0 Å². The molecule has 5 nitrogen and oxygen atoms in total. The molecule has 0 aromatic rings. The van der Waals surface area contributed by atoms with Crippen molar-refractivity contribution < 1.29 is 14.6 Å². The molecule has 0 aliphatic carbocycles. The molecule has 98 valence electrons. The number of aliphatic hydroxyl groups is 1. The Morgan fingerprint density at radius 3 is 2.65 bits per heavy atom. The molecule has 0 spiro atoms. The van der Waals surface area contributed by atoms with Gasteiger partial charge in [0, 0.05) is 17.9 Å². The number of aliphatic hydroxyl groups excluding tert-OH is 1. The number of nitrogens with zero attached hydrogens (tertiary/aromatic N) is 1. The van der Waals surface area contributed by atoms with E-state index in [2.05, 4.69) is 31.0 Å². The summed E-state index contributed by atoms with van der Waals surface area (Å²) in [5, 5.41) is 12.9. The van der Waals surface area contributed by atoms with Crippen molar-refractivity contribution in [3.05, 3.63) is 0 Å². The number of hydrogen-bond donors (Lipinski definition) is 2. The molecule has 3 heterocycles. The van der Waals surface area contributed by atoms with Gasteiger partial charge in [-0.25, -0.2) is 0 Å². The van der Waals surface area contributed by atoms with Crippen molar-refractivity contribution in [1.82, 2.24) is 10.2 Å². The lowest BCUT2D eigenvalue weighted by molar-refractivity contribution is -0.155. The standard InChI is InChI=1S/C11H20N2O3S/c1-5-11(2,3)17-9-6(8(15-4)13(5)9)12-7-10(14)16-7/h5-10,12,14H,1-4H3. The number of nitrogens with one attached hydrogen (secondary N) is 1. The van der Waals surface area contributed by atoms with Crippen molar-refractivity contribution in [2.75, 3.05) is 7.11 Å². The van der Waals surface area contributed by atoms with E-state index >= 15 is 0 Å². The molecule has 2 N–H and O–H groups in total. The molecular weight excluding hydrogens is 240 g/mol. The van der Waals surface area contributed by atoms with E-state index in [1.54, 1.807) is 7.11 Å². The van der Waals surface area contributed by atoms with Crippen LogP contribution in [0.1, 0.15) is 20.8 Å². The lowest BCUT2D eigenvalue weighted by Gasteiger charge is -2.51. The first-order valence-corrected chi connectivity index (χ1v) is 6.91. The molecule has 3 rings (SSSR count). The Morgan fingerprint density at radius 2 is 2.12 bits per heavy atom. The van der Waals surface area contributed by atoms with Crippen molar-refractivity contribution in [2.45, 2.75) is 61.7 Å². The maximum absolute atomic E-state index is 9.20. The van der Waals surface area contributed by atoms with Crippen LogP contribution in [0, 0.1) is 0 Å². The number of fused-ring (bicyclic) bond motifs is 1. The van der Waals surface area contributed by atoms with Gasteiger partial charge in [-0.1, -0.05) is 0 Å². The van der Waals surface area contributed by atoms with Crippen LogP contribution in [0.3, 0.4) is 0 Å².